The Balaban J connectivity index is 1.64. The molecular formula is C16H31N3O2. The Bertz CT molecular complexity index is 327. The van der Waals surface area contributed by atoms with E-state index in [1.54, 1.807) is 4.90 Å². The Morgan fingerprint density at radius 2 is 2.00 bits per heavy atom. The minimum absolute atomic E-state index is 0.204. The summed E-state index contributed by atoms with van der Waals surface area (Å²) in [7, 11) is 3.65. The van der Waals surface area contributed by atoms with Crippen LogP contribution in [-0.2, 0) is 9.53 Å². The molecule has 1 amide bonds. The average Bonchev–Trinajstić information content (AvgIpc) is 2.94. The molecule has 0 saturated carbocycles. The number of hydrogen-bond acceptors (Lipinski definition) is 4. The standard InChI is InChI=1S/C16H31N3O2/c1-4-15-13(7-10-21-15)11-17-14-5-8-19(9-6-14)12-16(20)18(2)3/h13-15,17H,4-12H2,1-3H3. The van der Waals surface area contributed by atoms with Crippen molar-refractivity contribution in [2.45, 2.75) is 44.8 Å². The molecule has 5 nitrogen and oxygen atoms in total. The zero-order chi connectivity index (χ0) is 15.2. The molecule has 2 atom stereocenters. The van der Waals surface area contributed by atoms with Crippen molar-refractivity contribution in [1.29, 1.82) is 0 Å². The molecule has 2 heterocycles. The van der Waals surface area contributed by atoms with Gasteiger partial charge >= 0.3 is 0 Å². The second-order valence-corrected chi connectivity index (χ2v) is 6.61. The molecule has 2 saturated heterocycles. The number of nitrogens with zero attached hydrogens (tertiary/aromatic N) is 2. The zero-order valence-electron chi connectivity index (χ0n) is 13.8. The fraction of sp³-hybridized carbons (Fsp3) is 0.938. The summed E-state index contributed by atoms with van der Waals surface area (Å²) in [5, 5.41) is 3.72. The maximum Gasteiger partial charge on any atom is 0.236 e. The predicted octanol–water partition coefficient (Wildman–Crippen LogP) is 0.944. The van der Waals surface area contributed by atoms with Gasteiger partial charge in [0, 0.05) is 46.4 Å². The van der Waals surface area contributed by atoms with Crippen molar-refractivity contribution in [2.75, 3.05) is 46.9 Å². The van der Waals surface area contributed by atoms with Gasteiger partial charge in [-0.2, -0.15) is 0 Å². The van der Waals surface area contributed by atoms with E-state index >= 15 is 0 Å². The number of piperidine rings is 1. The molecule has 5 heteroatoms. The lowest BCUT2D eigenvalue weighted by molar-refractivity contribution is -0.130. The number of carbonyl (C=O) groups excluding carboxylic acids is 1. The highest BCUT2D eigenvalue weighted by molar-refractivity contribution is 5.77. The van der Waals surface area contributed by atoms with Crippen molar-refractivity contribution in [1.82, 2.24) is 15.1 Å². The van der Waals surface area contributed by atoms with Crippen molar-refractivity contribution < 1.29 is 9.53 Å². The minimum Gasteiger partial charge on any atom is -0.378 e. The van der Waals surface area contributed by atoms with E-state index in [0.29, 0.717) is 24.6 Å². The van der Waals surface area contributed by atoms with Crippen LogP contribution in [0.4, 0.5) is 0 Å². The third-order valence-corrected chi connectivity index (χ3v) is 4.86. The van der Waals surface area contributed by atoms with E-state index < -0.39 is 0 Å². The van der Waals surface area contributed by atoms with E-state index in [1.807, 2.05) is 14.1 Å². The van der Waals surface area contributed by atoms with Gasteiger partial charge in [-0.05, 0) is 31.6 Å². The molecule has 0 spiro atoms. The molecule has 0 aliphatic carbocycles. The first kappa shape index (κ1) is 16.7. The fourth-order valence-electron chi connectivity index (χ4n) is 3.32. The molecule has 0 bridgehead atoms. The summed E-state index contributed by atoms with van der Waals surface area (Å²) in [6, 6.07) is 0.605. The number of amides is 1. The van der Waals surface area contributed by atoms with E-state index in [1.165, 1.54) is 6.42 Å². The van der Waals surface area contributed by atoms with E-state index in [0.717, 1.165) is 45.5 Å². The van der Waals surface area contributed by atoms with Crippen LogP contribution in [0, 0.1) is 5.92 Å². The van der Waals surface area contributed by atoms with Crippen LogP contribution in [-0.4, -0.2) is 74.7 Å². The van der Waals surface area contributed by atoms with Gasteiger partial charge in [0.15, 0.2) is 0 Å². The first-order valence-electron chi connectivity index (χ1n) is 8.37. The van der Waals surface area contributed by atoms with Gasteiger partial charge in [0.05, 0.1) is 12.6 Å². The van der Waals surface area contributed by atoms with Gasteiger partial charge in [-0.1, -0.05) is 6.92 Å². The molecule has 2 aliphatic heterocycles. The largest absolute Gasteiger partial charge is 0.378 e. The summed E-state index contributed by atoms with van der Waals surface area (Å²) in [6.07, 6.45) is 5.06. The summed E-state index contributed by atoms with van der Waals surface area (Å²) in [6.45, 7) is 6.83. The third-order valence-electron chi connectivity index (χ3n) is 4.86. The van der Waals surface area contributed by atoms with Gasteiger partial charge in [-0.15, -0.1) is 0 Å². The number of ether oxygens (including phenoxy) is 1. The summed E-state index contributed by atoms with van der Waals surface area (Å²) < 4.78 is 5.75. The van der Waals surface area contributed by atoms with Crippen LogP contribution in [0.2, 0.25) is 0 Å². The van der Waals surface area contributed by atoms with Crippen molar-refractivity contribution in [3.8, 4) is 0 Å². The Morgan fingerprint density at radius 1 is 1.29 bits per heavy atom. The lowest BCUT2D eigenvalue weighted by Crippen LogP contribution is -2.47. The van der Waals surface area contributed by atoms with Gasteiger partial charge in [-0.25, -0.2) is 0 Å². The first-order valence-corrected chi connectivity index (χ1v) is 8.37. The van der Waals surface area contributed by atoms with Crippen LogP contribution in [0.3, 0.4) is 0 Å². The summed E-state index contributed by atoms with van der Waals surface area (Å²) in [5.41, 5.74) is 0. The highest BCUT2D eigenvalue weighted by Crippen LogP contribution is 2.23. The van der Waals surface area contributed by atoms with Crippen LogP contribution in [0.5, 0.6) is 0 Å². The highest BCUT2D eigenvalue weighted by atomic mass is 16.5. The summed E-state index contributed by atoms with van der Waals surface area (Å²) in [4.78, 5) is 15.7. The van der Waals surface area contributed by atoms with E-state index in [9.17, 15) is 4.79 Å². The lowest BCUT2D eigenvalue weighted by Gasteiger charge is -2.33. The Labute approximate surface area is 129 Å². The molecule has 2 aliphatic rings. The molecule has 21 heavy (non-hydrogen) atoms. The maximum absolute atomic E-state index is 11.7. The van der Waals surface area contributed by atoms with Gasteiger partial charge in [0.2, 0.25) is 5.91 Å². The van der Waals surface area contributed by atoms with Crippen LogP contribution in [0.15, 0.2) is 0 Å². The van der Waals surface area contributed by atoms with Crippen molar-refractivity contribution in [2.24, 2.45) is 5.92 Å². The van der Waals surface area contributed by atoms with Crippen molar-refractivity contribution in [3.05, 3.63) is 0 Å². The quantitative estimate of drug-likeness (QED) is 0.793. The second-order valence-electron chi connectivity index (χ2n) is 6.61. The average molecular weight is 297 g/mol. The van der Waals surface area contributed by atoms with Crippen molar-refractivity contribution in [3.63, 3.8) is 0 Å². The normalized spacial score (nSPS) is 28.0. The Morgan fingerprint density at radius 3 is 2.62 bits per heavy atom. The molecule has 2 rings (SSSR count). The first-order chi connectivity index (χ1) is 10.1. The SMILES string of the molecule is CCC1OCCC1CNC1CCN(CC(=O)N(C)C)CC1. The number of hydrogen-bond donors (Lipinski definition) is 1. The summed E-state index contributed by atoms with van der Waals surface area (Å²) in [5.74, 6) is 0.888. The molecule has 2 fully saturated rings. The Kier molecular flexibility index (Phi) is 6.45. The molecule has 122 valence electrons. The minimum atomic E-state index is 0.204. The van der Waals surface area contributed by atoms with E-state index in [4.69, 9.17) is 4.74 Å². The second kappa shape index (κ2) is 8.11. The monoisotopic (exact) mass is 297 g/mol. The zero-order valence-corrected chi connectivity index (χ0v) is 13.8. The Hall–Kier alpha value is -0.650. The third kappa shape index (κ3) is 4.94. The molecule has 1 N–H and O–H groups in total. The summed E-state index contributed by atoms with van der Waals surface area (Å²) >= 11 is 0. The molecule has 0 radical (unpaired) electrons. The molecule has 0 aromatic rings. The van der Waals surface area contributed by atoms with Gasteiger partial charge < -0.3 is 15.0 Å². The van der Waals surface area contributed by atoms with E-state index in [-0.39, 0.29) is 5.91 Å². The van der Waals surface area contributed by atoms with Gasteiger partial charge in [-0.3, -0.25) is 9.69 Å². The molecular weight excluding hydrogens is 266 g/mol. The van der Waals surface area contributed by atoms with Crippen LogP contribution < -0.4 is 5.32 Å². The van der Waals surface area contributed by atoms with E-state index in [2.05, 4.69) is 17.1 Å². The van der Waals surface area contributed by atoms with Crippen LogP contribution in [0.25, 0.3) is 0 Å². The van der Waals surface area contributed by atoms with Crippen molar-refractivity contribution >= 4 is 5.91 Å². The number of carbonyl (C=O) groups is 1. The highest BCUT2D eigenvalue weighted by Gasteiger charge is 2.28. The fourth-order valence-corrected chi connectivity index (χ4v) is 3.32. The molecule has 0 aromatic carbocycles. The smallest absolute Gasteiger partial charge is 0.236 e. The number of rotatable bonds is 6. The predicted molar refractivity (Wildman–Crippen MR) is 84.3 cm³/mol. The van der Waals surface area contributed by atoms with Crippen LogP contribution >= 0.6 is 0 Å². The maximum atomic E-state index is 11.7. The van der Waals surface area contributed by atoms with Gasteiger partial charge in [0.25, 0.3) is 0 Å². The number of likely N-dealkylation sites (N-methyl/N-ethyl adjacent to an activating group) is 1. The molecule has 0 aromatic heterocycles. The molecule has 2 unspecified atom stereocenters. The van der Waals surface area contributed by atoms with Crippen LogP contribution in [0.1, 0.15) is 32.6 Å². The topological polar surface area (TPSA) is 44.8 Å². The number of likely N-dealkylation sites (tertiary alicyclic amines) is 1. The number of nitrogens with one attached hydrogen (secondary N) is 1. The van der Waals surface area contributed by atoms with Gasteiger partial charge in [0.1, 0.15) is 0 Å². The lowest BCUT2D eigenvalue weighted by atomic mass is 9.98.